The van der Waals surface area contributed by atoms with Crippen LogP contribution in [-0.4, -0.2) is 128 Å². The third kappa shape index (κ3) is 11.9. The van der Waals surface area contributed by atoms with E-state index in [9.17, 15) is 27.6 Å². The van der Waals surface area contributed by atoms with Crippen molar-refractivity contribution in [1.82, 2.24) is 30.1 Å². The van der Waals surface area contributed by atoms with Gasteiger partial charge >= 0.3 is 12.3 Å². The SMILES string of the molecule is COCCN1CCC(COc2ccc3nc(C(F)(F)F)c4c(c3c2)CC[C@]2(C[C@H]3C(=O)N[C@@](C)(C(=O)NS(=O)(=O)C5(C)CC5)[C@@H](C)/C=C\CCCCC[C@H](NC(=O)OCC(C)C)C(=O)N3C2)O4)CC1. The molecule has 382 valence electrons. The quantitative estimate of drug-likeness (QED) is 0.198. The van der Waals surface area contributed by atoms with Crippen molar-refractivity contribution in [2.24, 2.45) is 17.8 Å². The number of carbonyl (C=O) groups excluding carboxylic acids is 4. The number of nitrogens with zero attached hydrogens (tertiary/aromatic N) is 3. The molecular formula is C49H69F3N6O10S. The molecule has 5 aliphatic rings. The number of fused-ring (bicyclic) bond motifs is 4. The summed E-state index contributed by atoms with van der Waals surface area (Å²) in [4.78, 5) is 64.9. The van der Waals surface area contributed by atoms with Gasteiger partial charge in [0.15, 0.2) is 11.4 Å². The zero-order valence-corrected chi connectivity index (χ0v) is 41.5. The molecule has 1 aromatic carbocycles. The number of ether oxygens (including phenoxy) is 4. The minimum atomic E-state index is -4.96. The topological polar surface area (TPSA) is 195 Å². The Kier molecular flexibility index (Phi) is 15.8. The number of halogens is 3. The van der Waals surface area contributed by atoms with Crippen LogP contribution >= 0.6 is 0 Å². The fourth-order valence-corrected chi connectivity index (χ4v) is 11.0. The van der Waals surface area contributed by atoms with Gasteiger partial charge in [-0.1, -0.05) is 45.8 Å². The maximum atomic E-state index is 15.1. The van der Waals surface area contributed by atoms with Crippen molar-refractivity contribution < 1.29 is 59.7 Å². The number of hydrogen-bond acceptors (Lipinski definition) is 12. The maximum absolute atomic E-state index is 15.1. The number of pyridine rings is 1. The van der Waals surface area contributed by atoms with Crippen molar-refractivity contribution in [3.05, 3.63) is 41.6 Å². The third-order valence-corrected chi connectivity index (χ3v) is 16.9. The second-order valence-electron chi connectivity index (χ2n) is 20.6. The van der Waals surface area contributed by atoms with Gasteiger partial charge in [0.2, 0.25) is 21.8 Å². The van der Waals surface area contributed by atoms with Gasteiger partial charge in [0.25, 0.3) is 5.91 Å². The Labute approximate surface area is 403 Å². The predicted octanol–water partition coefficient (Wildman–Crippen LogP) is 6.44. The first-order valence-corrected chi connectivity index (χ1v) is 25.9. The minimum Gasteiger partial charge on any atom is -0.493 e. The fraction of sp³-hybridized carbons (Fsp3) is 0.694. The lowest BCUT2D eigenvalue weighted by Crippen LogP contribution is -2.64. The molecule has 16 nitrogen and oxygen atoms in total. The van der Waals surface area contributed by atoms with Crippen LogP contribution in [0, 0.1) is 17.8 Å². The van der Waals surface area contributed by atoms with Gasteiger partial charge in [0.1, 0.15) is 29.0 Å². The average Bonchev–Trinajstić information content (AvgIpc) is 3.97. The zero-order valence-electron chi connectivity index (χ0n) is 40.7. The van der Waals surface area contributed by atoms with Crippen LogP contribution < -0.4 is 24.8 Å². The molecule has 3 N–H and O–H groups in total. The molecule has 1 spiro atoms. The lowest BCUT2D eigenvalue weighted by molar-refractivity contribution is -0.144. The van der Waals surface area contributed by atoms with Crippen LogP contribution in [0.4, 0.5) is 18.0 Å². The van der Waals surface area contributed by atoms with E-state index in [4.69, 9.17) is 18.9 Å². The second kappa shape index (κ2) is 21.0. The number of aromatic nitrogens is 1. The number of alkyl halides is 3. The van der Waals surface area contributed by atoms with Crippen LogP contribution in [0.25, 0.3) is 10.9 Å². The van der Waals surface area contributed by atoms with Gasteiger partial charge in [0, 0.05) is 36.9 Å². The molecule has 4 aliphatic heterocycles. The predicted molar refractivity (Wildman–Crippen MR) is 251 cm³/mol. The van der Waals surface area contributed by atoms with Gasteiger partial charge in [-0.2, -0.15) is 13.2 Å². The number of methoxy groups -OCH3 is 1. The van der Waals surface area contributed by atoms with Crippen LogP contribution in [-0.2, 0) is 46.5 Å². The van der Waals surface area contributed by atoms with Gasteiger partial charge in [-0.15, -0.1) is 0 Å². The molecule has 2 aromatic rings. The molecule has 0 bridgehead atoms. The van der Waals surface area contributed by atoms with Crippen LogP contribution in [0.1, 0.15) is 117 Å². The van der Waals surface area contributed by atoms with Crippen molar-refractivity contribution in [1.29, 1.82) is 0 Å². The summed E-state index contributed by atoms with van der Waals surface area (Å²) in [6.07, 6.45) is 2.77. The van der Waals surface area contributed by atoms with Gasteiger partial charge in [-0.05, 0) is 115 Å². The lowest BCUT2D eigenvalue weighted by Gasteiger charge is -2.37. The van der Waals surface area contributed by atoms with Crippen LogP contribution in [0.2, 0.25) is 0 Å². The summed E-state index contributed by atoms with van der Waals surface area (Å²) in [6, 6.07) is 2.18. The van der Waals surface area contributed by atoms with E-state index in [1.54, 1.807) is 32.2 Å². The molecule has 5 atom stereocenters. The number of sulfonamides is 1. The van der Waals surface area contributed by atoms with Crippen LogP contribution in [0.3, 0.4) is 0 Å². The molecule has 1 saturated carbocycles. The molecule has 7 rings (SSSR count). The van der Waals surface area contributed by atoms with E-state index < -0.39 is 85.3 Å². The molecule has 5 heterocycles. The summed E-state index contributed by atoms with van der Waals surface area (Å²) in [5.41, 5.74) is -4.33. The minimum absolute atomic E-state index is 0.00593. The molecule has 69 heavy (non-hydrogen) atoms. The summed E-state index contributed by atoms with van der Waals surface area (Å²) in [5, 5.41) is 5.90. The highest BCUT2D eigenvalue weighted by atomic mass is 32.2. The molecule has 20 heteroatoms. The van der Waals surface area contributed by atoms with Crippen molar-refractivity contribution in [2.75, 3.05) is 53.1 Å². The number of benzene rings is 1. The zero-order chi connectivity index (χ0) is 49.9. The van der Waals surface area contributed by atoms with E-state index in [2.05, 4.69) is 25.2 Å². The van der Waals surface area contributed by atoms with E-state index in [-0.39, 0.29) is 55.8 Å². The molecule has 4 amide bonds. The third-order valence-electron chi connectivity index (χ3n) is 14.7. The summed E-state index contributed by atoms with van der Waals surface area (Å²) in [7, 11) is -2.48. The maximum Gasteiger partial charge on any atom is 0.437 e. The Morgan fingerprint density at radius 1 is 1.06 bits per heavy atom. The first-order chi connectivity index (χ1) is 32.6. The van der Waals surface area contributed by atoms with Crippen LogP contribution in [0.5, 0.6) is 11.5 Å². The fourth-order valence-electron chi connectivity index (χ4n) is 9.71. The number of likely N-dealkylation sites (tertiary alicyclic amines) is 1. The van der Waals surface area contributed by atoms with Crippen molar-refractivity contribution in [3.63, 3.8) is 0 Å². The largest absolute Gasteiger partial charge is 0.493 e. The highest BCUT2D eigenvalue weighted by molar-refractivity contribution is 7.91. The Hall–Kier alpha value is -4.69. The Bertz CT molecular complexity index is 2370. The average molecular weight is 991 g/mol. The first-order valence-electron chi connectivity index (χ1n) is 24.4. The number of carbonyl (C=O) groups is 4. The summed E-state index contributed by atoms with van der Waals surface area (Å²) in [6.45, 7) is 11.8. The normalized spacial score (nSPS) is 27.6. The number of allylic oxidation sites excluding steroid dienone is 1. The number of amides is 4. The number of aryl methyl sites for hydroxylation is 1. The van der Waals surface area contributed by atoms with E-state index >= 15 is 13.2 Å². The highest BCUT2D eigenvalue weighted by Gasteiger charge is 2.57. The monoisotopic (exact) mass is 990 g/mol. The van der Waals surface area contributed by atoms with Gasteiger partial charge < -0.3 is 39.4 Å². The van der Waals surface area contributed by atoms with E-state index in [0.29, 0.717) is 68.8 Å². The van der Waals surface area contributed by atoms with Crippen molar-refractivity contribution >= 4 is 44.7 Å². The number of piperidine rings is 1. The molecule has 0 unspecified atom stereocenters. The van der Waals surface area contributed by atoms with Gasteiger partial charge in [0.05, 0.1) is 36.6 Å². The Morgan fingerprint density at radius 2 is 1.80 bits per heavy atom. The van der Waals surface area contributed by atoms with Crippen LogP contribution in [0.15, 0.2) is 30.4 Å². The molecule has 0 radical (unpaired) electrons. The Balaban J connectivity index is 1.22. The highest BCUT2D eigenvalue weighted by Crippen LogP contribution is 2.49. The molecule has 1 aromatic heterocycles. The summed E-state index contributed by atoms with van der Waals surface area (Å²) >= 11 is 0. The number of rotatable bonds is 12. The van der Waals surface area contributed by atoms with E-state index in [1.165, 1.54) is 24.8 Å². The number of alkyl carbamates (subject to hydrolysis) is 1. The standard InChI is InChI=1S/C49H69F3N6O10S/c1-31(2)28-67-45(62)54-38-13-11-9-7-8-10-12-32(3)47(5,44(61)56-69(63,64)46(4)20-21-46)55-42(59)39-27-48(30-58(39)43(38)60)19-16-35-36-26-34(66-29-33-17-22-57(23-18-33)24-25-65-6)14-15-37(36)53-41(40(35)68-48)49(50,51)52/h10,12,14-15,26,31-33,38-39H,7-9,11,13,16-25,27-30H2,1-6H3,(H,54,62)(H,55,59)(H,56,61)/b12-10-/t32-,38-,39-,47+,48+/m0/s1. The van der Waals surface area contributed by atoms with Crippen molar-refractivity contribution in [3.8, 4) is 11.5 Å². The van der Waals surface area contributed by atoms with E-state index in [0.717, 1.165) is 32.5 Å². The van der Waals surface area contributed by atoms with E-state index in [1.807, 2.05) is 19.9 Å². The molecule has 1 aliphatic carbocycles. The summed E-state index contributed by atoms with van der Waals surface area (Å²) in [5.74, 6) is -3.03. The first kappa shape index (κ1) is 52.1. The number of nitrogens with one attached hydrogen (secondary N) is 3. The van der Waals surface area contributed by atoms with Crippen molar-refractivity contribution in [2.45, 2.75) is 146 Å². The second-order valence-corrected chi connectivity index (χ2v) is 22.8. The lowest BCUT2D eigenvalue weighted by atomic mass is 9.84. The molecule has 3 fully saturated rings. The summed E-state index contributed by atoms with van der Waals surface area (Å²) < 4.78 is 96.6. The molecular weight excluding hydrogens is 922 g/mol. The smallest absolute Gasteiger partial charge is 0.437 e. The Morgan fingerprint density at radius 3 is 2.48 bits per heavy atom. The number of hydrogen-bond donors (Lipinski definition) is 3. The van der Waals surface area contributed by atoms with Gasteiger partial charge in [-0.3, -0.25) is 19.1 Å². The van der Waals surface area contributed by atoms with Gasteiger partial charge in [-0.25, -0.2) is 18.2 Å². The molecule has 2 saturated heterocycles.